The van der Waals surface area contributed by atoms with Crippen LogP contribution in [0.15, 0.2) is 91.0 Å². The number of benzene rings is 3. The summed E-state index contributed by atoms with van der Waals surface area (Å²) in [4.78, 5) is 128. The van der Waals surface area contributed by atoms with Gasteiger partial charge in [-0.1, -0.05) is 132 Å². The summed E-state index contributed by atoms with van der Waals surface area (Å²) in [7, 11) is 0. The quantitative estimate of drug-likeness (QED) is 0.0288. The molecule has 117 heavy (non-hydrogen) atoms. The summed E-state index contributed by atoms with van der Waals surface area (Å²) < 4.78 is 11.4. The number of carbonyl (C=O) groups is 2. The van der Waals surface area contributed by atoms with Gasteiger partial charge in [-0.2, -0.15) is 74.8 Å². The van der Waals surface area contributed by atoms with Gasteiger partial charge in [-0.25, -0.2) is 9.59 Å². The molecule has 622 valence electrons. The zero-order valence-electron chi connectivity index (χ0n) is 68.7. The van der Waals surface area contributed by atoms with E-state index in [1.54, 1.807) is 9.80 Å². The molecule has 7 fully saturated rings. The summed E-state index contributed by atoms with van der Waals surface area (Å²) in [5, 5.41) is 17.8. The molecule has 5 aromatic heterocycles. The fourth-order valence-corrected chi connectivity index (χ4v) is 15.2. The van der Waals surface area contributed by atoms with E-state index in [4.69, 9.17) is 84.2 Å². The van der Waals surface area contributed by atoms with Gasteiger partial charge in [-0.05, 0) is 75.6 Å². The molecule has 0 atom stereocenters. The van der Waals surface area contributed by atoms with Crippen molar-refractivity contribution in [3.8, 4) is 0 Å². The Kier molecular flexibility index (Phi) is 26.4. The molecule has 6 aliphatic heterocycles. The molecule has 5 N–H and O–H groups in total. The molecular weight excluding hydrogens is 1490 g/mol. The number of piperazine rings is 6. The average Bonchev–Trinajstić information content (AvgIpc) is 0.799. The largest absolute Gasteiger partial charge is 0.445 e. The lowest BCUT2D eigenvalue weighted by molar-refractivity contribution is 0.0240. The second-order valence-corrected chi connectivity index (χ2v) is 32.2. The van der Waals surface area contributed by atoms with Crippen LogP contribution in [0.1, 0.15) is 104 Å². The number of hydrogen-bond donors (Lipinski definition) is 5. The van der Waals surface area contributed by atoms with Crippen molar-refractivity contribution >= 4 is 107 Å². The predicted molar refractivity (Wildman–Crippen MR) is 457 cm³/mol. The van der Waals surface area contributed by atoms with Gasteiger partial charge in [0.1, 0.15) is 12.2 Å². The van der Waals surface area contributed by atoms with Gasteiger partial charge in [0.25, 0.3) is 0 Å². The average molecular weight is 1600 g/mol. The van der Waals surface area contributed by atoms with Crippen LogP contribution in [0.5, 0.6) is 0 Å². The third kappa shape index (κ3) is 21.9. The first-order chi connectivity index (χ1) is 57.1. The lowest BCUT2D eigenvalue weighted by Gasteiger charge is -2.38. The highest BCUT2D eigenvalue weighted by molar-refractivity contribution is 5.69. The number of amides is 2. The van der Waals surface area contributed by atoms with E-state index in [0.717, 1.165) is 56.3 Å². The van der Waals surface area contributed by atoms with Crippen molar-refractivity contribution in [2.45, 2.75) is 118 Å². The summed E-state index contributed by atoms with van der Waals surface area (Å²) in [6.45, 7) is 28.6. The second-order valence-electron chi connectivity index (χ2n) is 32.2. The Bertz CT molecular complexity index is 4500. The minimum atomic E-state index is -0.586. The highest BCUT2D eigenvalue weighted by Crippen LogP contribution is 2.31. The van der Waals surface area contributed by atoms with Gasteiger partial charge >= 0.3 is 12.2 Å². The molecule has 15 rings (SSSR count). The van der Waals surface area contributed by atoms with Crippen LogP contribution in [-0.4, -0.2) is 285 Å². The van der Waals surface area contributed by atoms with Crippen molar-refractivity contribution in [3.05, 3.63) is 102 Å². The van der Waals surface area contributed by atoms with Gasteiger partial charge in [0.05, 0.1) is 0 Å². The van der Waals surface area contributed by atoms with Crippen molar-refractivity contribution in [1.82, 2.24) is 84.6 Å². The maximum Gasteiger partial charge on any atom is 0.410 e. The first-order valence-corrected chi connectivity index (χ1v) is 42.2. The SMILES string of the molecule is CCCCCNc1nc(N2CCN(C(=O)OCc3ccccc3)CC2)nc(N2CCN(c3nc(NCC(C)C)nc(N4CCN(c5nc(NC6CCCCC6)nc(N6CCN(c7nc(Nc8ccccc8)nc(N8CCN(c9nc(NCCc%10ccccc%10)nc(N%10CCN(C(=O)OC(C)(C)C)CC%10)n9)CC8)n7)CC6)n5)CC4)n3)CC2)n1. The fourth-order valence-electron chi connectivity index (χ4n) is 15.2. The van der Waals surface area contributed by atoms with Crippen molar-refractivity contribution in [2.24, 2.45) is 5.92 Å². The Balaban J connectivity index is 0.603. The standard InChI is InChI=1S/C81H114N32O4/c1-7-8-21-31-82-64-87-69(97-70(88-64)110-49-53-112(54-50-110)79(114)116-58-61-24-15-10-16-25-61)102-33-35-104(36-34-102)73-91-66(84-57-59(2)3)92-74(99-73)105-39-43-107(44-40-105)76-94-68(86-63-28-19-12-20-29-63)96-78(101-76)109-47-45-108(46-48-109)77-95-67(85-62-26-17-11-18-27-62)93-75(100-77)106-41-37-103(38-42-106)71-89-65(83-32-30-60-22-13-9-14-23-60)90-72(98-71)111-51-55-113(56-52-111)80(115)117-81(4,5)6/h9-11,13-18,22-27,59,63H,7-8,12,19-21,28-58H2,1-6H3,(H,82,87,88,97)(H,83,89,90,98)(H,84,91,92,99)(H,85,93,95,100)(H,86,94,96,101). The van der Waals surface area contributed by atoms with Gasteiger partial charge in [0.15, 0.2) is 0 Å². The van der Waals surface area contributed by atoms with Crippen LogP contribution in [0.25, 0.3) is 0 Å². The lowest BCUT2D eigenvalue weighted by atomic mass is 9.96. The Morgan fingerprint density at radius 3 is 1.09 bits per heavy atom. The van der Waals surface area contributed by atoms with E-state index < -0.39 is 5.60 Å². The topological polar surface area (TPSA) is 345 Å². The van der Waals surface area contributed by atoms with E-state index in [0.29, 0.717) is 265 Å². The van der Waals surface area contributed by atoms with E-state index in [2.05, 4.69) is 121 Å². The van der Waals surface area contributed by atoms with Crippen LogP contribution in [-0.2, 0) is 22.5 Å². The van der Waals surface area contributed by atoms with E-state index >= 15 is 0 Å². The van der Waals surface area contributed by atoms with Gasteiger partial charge in [-0.3, -0.25) is 0 Å². The predicted octanol–water partition coefficient (Wildman–Crippen LogP) is 8.25. The zero-order chi connectivity index (χ0) is 80.5. The summed E-state index contributed by atoms with van der Waals surface area (Å²) in [6, 6.07) is 30.4. The van der Waals surface area contributed by atoms with Crippen LogP contribution < -0.4 is 75.6 Å². The molecule has 0 radical (unpaired) electrons. The smallest absolute Gasteiger partial charge is 0.410 e. The van der Waals surface area contributed by atoms with Gasteiger partial charge in [0, 0.05) is 188 Å². The van der Waals surface area contributed by atoms with Gasteiger partial charge in [0.2, 0.25) is 89.2 Å². The van der Waals surface area contributed by atoms with Crippen LogP contribution in [0.3, 0.4) is 0 Å². The third-order valence-electron chi connectivity index (χ3n) is 21.9. The highest BCUT2D eigenvalue weighted by Gasteiger charge is 2.34. The van der Waals surface area contributed by atoms with Crippen LogP contribution in [0, 0.1) is 5.92 Å². The molecule has 36 nitrogen and oxygen atoms in total. The van der Waals surface area contributed by atoms with Crippen LogP contribution >= 0.6 is 0 Å². The number of aromatic nitrogens is 15. The molecule has 11 heterocycles. The van der Waals surface area contributed by atoms with E-state index in [9.17, 15) is 9.59 Å². The van der Waals surface area contributed by atoms with Crippen molar-refractivity contribution < 1.29 is 19.1 Å². The molecule has 0 spiro atoms. The number of nitrogens with zero attached hydrogens (tertiary/aromatic N) is 27. The molecule has 1 aliphatic carbocycles. The number of rotatable bonds is 28. The zero-order valence-corrected chi connectivity index (χ0v) is 68.7. The number of nitrogens with one attached hydrogen (secondary N) is 5. The molecule has 36 heteroatoms. The van der Waals surface area contributed by atoms with Crippen molar-refractivity contribution in [2.75, 3.05) is 252 Å². The lowest BCUT2D eigenvalue weighted by Crippen LogP contribution is -2.51. The normalized spacial score (nSPS) is 17.4. The Hall–Kier alpha value is -11.8. The molecular formula is C81H114N32O4. The number of unbranched alkanes of at least 4 members (excludes halogenated alkanes) is 2. The summed E-state index contributed by atoms with van der Waals surface area (Å²) in [5.74, 6) is 9.04. The van der Waals surface area contributed by atoms with Gasteiger partial charge < -0.3 is 94.9 Å². The Morgan fingerprint density at radius 1 is 0.385 bits per heavy atom. The fraction of sp³-hybridized carbons (Fsp3) is 0.568. The number of anilines is 16. The van der Waals surface area contributed by atoms with E-state index in [1.807, 2.05) is 87.5 Å². The Labute approximate surface area is 685 Å². The van der Waals surface area contributed by atoms with Crippen molar-refractivity contribution in [1.29, 1.82) is 0 Å². The van der Waals surface area contributed by atoms with Crippen LogP contribution in [0.4, 0.5) is 105 Å². The monoisotopic (exact) mass is 1600 g/mol. The molecule has 0 unspecified atom stereocenters. The third-order valence-corrected chi connectivity index (χ3v) is 21.9. The van der Waals surface area contributed by atoms with E-state index in [-0.39, 0.29) is 24.8 Å². The second kappa shape index (κ2) is 38.3. The molecule has 2 amide bonds. The summed E-state index contributed by atoms with van der Waals surface area (Å²) in [6.07, 6.45) is 9.09. The molecule has 8 aromatic rings. The number of para-hydroxylation sites is 1. The van der Waals surface area contributed by atoms with Gasteiger partial charge in [-0.15, -0.1) is 0 Å². The first kappa shape index (κ1) is 80.4. The van der Waals surface area contributed by atoms with Crippen LogP contribution in [0.2, 0.25) is 0 Å². The minimum Gasteiger partial charge on any atom is -0.445 e. The molecule has 0 bridgehead atoms. The molecule has 6 saturated heterocycles. The number of ether oxygens (including phenoxy) is 2. The maximum atomic E-state index is 13.1. The highest BCUT2D eigenvalue weighted by atomic mass is 16.6. The minimum absolute atomic E-state index is 0.231. The molecule has 7 aliphatic rings. The molecule has 3 aromatic carbocycles. The van der Waals surface area contributed by atoms with Crippen molar-refractivity contribution in [3.63, 3.8) is 0 Å². The summed E-state index contributed by atoms with van der Waals surface area (Å²) >= 11 is 0. The molecule has 1 saturated carbocycles. The maximum absolute atomic E-state index is 13.1. The first-order valence-electron chi connectivity index (χ1n) is 42.2. The summed E-state index contributed by atoms with van der Waals surface area (Å²) in [5.41, 5.74) is 2.45. The number of hydrogen-bond acceptors (Lipinski definition) is 34. The number of carbonyl (C=O) groups excluding carboxylic acids is 2. The van der Waals surface area contributed by atoms with E-state index in [1.165, 1.54) is 24.8 Å². The Morgan fingerprint density at radius 2 is 0.718 bits per heavy atom.